The van der Waals surface area contributed by atoms with E-state index in [-0.39, 0.29) is 0 Å². The molecule has 0 fully saturated rings. The third kappa shape index (κ3) is 1.44. The van der Waals surface area contributed by atoms with Gasteiger partial charge < -0.3 is 5.32 Å². The minimum absolute atomic E-state index is 0.605. The van der Waals surface area contributed by atoms with Crippen LogP contribution in [-0.4, -0.2) is 26.8 Å². The summed E-state index contributed by atoms with van der Waals surface area (Å²) < 4.78 is 1.70. The Morgan fingerprint density at radius 3 is 2.79 bits per heavy atom. The molecule has 14 heavy (non-hydrogen) atoms. The summed E-state index contributed by atoms with van der Waals surface area (Å²) in [6, 6.07) is 5.71. The average molecular weight is 189 g/mol. The molecule has 2 aromatic rings. The van der Waals surface area contributed by atoms with E-state index in [4.69, 9.17) is 0 Å². The number of aromatic nitrogens is 4. The van der Waals surface area contributed by atoms with Gasteiger partial charge in [-0.25, -0.2) is 4.68 Å². The normalized spacial score (nSPS) is 10.1. The second-order valence-electron chi connectivity index (χ2n) is 2.85. The molecule has 0 atom stereocenters. The number of hydrogen-bond acceptors (Lipinski definition) is 4. The molecule has 0 bridgehead atoms. The van der Waals surface area contributed by atoms with Crippen LogP contribution in [0.3, 0.4) is 0 Å². The SMILES string of the molecule is CNc1nc(-c2ccccn2)n(C)n1. The fourth-order valence-corrected chi connectivity index (χ4v) is 1.21. The molecule has 0 aliphatic heterocycles. The highest BCUT2D eigenvalue weighted by Crippen LogP contribution is 2.14. The minimum Gasteiger partial charge on any atom is -0.356 e. The van der Waals surface area contributed by atoms with E-state index >= 15 is 0 Å². The first kappa shape index (κ1) is 8.68. The van der Waals surface area contributed by atoms with Gasteiger partial charge in [-0.1, -0.05) is 6.07 Å². The van der Waals surface area contributed by atoms with Gasteiger partial charge in [-0.3, -0.25) is 4.98 Å². The summed E-state index contributed by atoms with van der Waals surface area (Å²) in [5, 5.41) is 7.05. The van der Waals surface area contributed by atoms with E-state index in [0.717, 1.165) is 11.5 Å². The highest BCUT2D eigenvalue weighted by Gasteiger charge is 2.08. The van der Waals surface area contributed by atoms with E-state index in [1.807, 2.05) is 25.2 Å². The van der Waals surface area contributed by atoms with Crippen molar-refractivity contribution in [1.82, 2.24) is 19.7 Å². The monoisotopic (exact) mass is 189 g/mol. The van der Waals surface area contributed by atoms with Gasteiger partial charge >= 0.3 is 0 Å². The molecule has 5 nitrogen and oxygen atoms in total. The predicted octanol–water partition coefficient (Wildman–Crippen LogP) is 0.919. The van der Waals surface area contributed by atoms with Crippen LogP contribution in [0.1, 0.15) is 0 Å². The topological polar surface area (TPSA) is 55.6 Å². The van der Waals surface area contributed by atoms with Crippen molar-refractivity contribution in [3.63, 3.8) is 0 Å². The first-order chi connectivity index (χ1) is 6.81. The molecule has 0 aliphatic carbocycles. The van der Waals surface area contributed by atoms with Gasteiger partial charge in [-0.15, -0.1) is 5.10 Å². The second kappa shape index (κ2) is 3.45. The summed E-state index contributed by atoms with van der Waals surface area (Å²) in [5.41, 5.74) is 0.823. The fraction of sp³-hybridized carbons (Fsp3) is 0.222. The van der Waals surface area contributed by atoms with Crippen LogP contribution in [0, 0.1) is 0 Å². The largest absolute Gasteiger partial charge is 0.356 e. The Balaban J connectivity index is 2.46. The summed E-state index contributed by atoms with van der Waals surface area (Å²) in [7, 11) is 3.63. The van der Waals surface area contributed by atoms with Crippen LogP contribution in [0.5, 0.6) is 0 Å². The van der Waals surface area contributed by atoms with Gasteiger partial charge in [0.25, 0.3) is 0 Å². The van der Waals surface area contributed by atoms with Crippen molar-refractivity contribution in [2.75, 3.05) is 12.4 Å². The Morgan fingerprint density at radius 1 is 1.36 bits per heavy atom. The van der Waals surface area contributed by atoms with Crippen LogP contribution < -0.4 is 5.32 Å². The molecule has 2 rings (SSSR count). The zero-order chi connectivity index (χ0) is 9.97. The van der Waals surface area contributed by atoms with E-state index in [0.29, 0.717) is 5.95 Å². The first-order valence-corrected chi connectivity index (χ1v) is 4.31. The zero-order valence-electron chi connectivity index (χ0n) is 8.10. The van der Waals surface area contributed by atoms with E-state index in [1.165, 1.54) is 0 Å². The minimum atomic E-state index is 0.605. The van der Waals surface area contributed by atoms with E-state index in [2.05, 4.69) is 20.4 Å². The molecule has 0 saturated carbocycles. The molecule has 0 spiro atoms. The molecular formula is C9H11N5. The van der Waals surface area contributed by atoms with Gasteiger partial charge in [-0.2, -0.15) is 4.98 Å². The lowest BCUT2D eigenvalue weighted by atomic mass is 10.3. The summed E-state index contributed by atoms with van der Waals surface area (Å²) >= 11 is 0. The first-order valence-electron chi connectivity index (χ1n) is 4.31. The summed E-state index contributed by atoms with van der Waals surface area (Å²) in [6.07, 6.45) is 1.74. The van der Waals surface area contributed by atoms with Crippen LogP contribution >= 0.6 is 0 Å². The molecule has 0 aromatic carbocycles. The average Bonchev–Trinajstić information content (AvgIpc) is 2.61. The molecule has 1 N–H and O–H groups in total. The number of pyridine rings is 1. The molecule has 0 saturated heterocycles. The van der Waals surface area contributed by atoms with Crippen molar-refractivity contribution in [3.05, 3.63) is 24.4 Å². The smallest absolute Gasteiger partial charge is 0.242 e. The van der Waals surface area contributed by atoms with Crippen molar-refractivity contribution in [2.24, 2.45) is 7.05 Å². The lowest BCUT2D eigenvalue weighted by Crippen LogP contribution is -1.96. The van der Waals surface area contributed by atoms with Crippen molar-refractivity contribution in [3.8, 4) is 11.5 Å². The molecule has 0 radical (unpaired) electrons. The van der Waals surface area contributed by atoms with Gasteiger partial charge in [0.1, 0.15) is 5.69 Å². The molecule has 2 heterocycles. The predicted molar refractivity (Wildman–Crippen MR) is 53.8 cm³/mol. The van der Waals surface area contributed by atoms with Crippen LogP contribution in [0.25, 0.3) is 11.5 Å². The fourth-order valence-electron chi connectivity index (χ4n) is 1.21. The Bertz CT molecular complexity index is 420. The highest BCUT2D eigenvalue weighted by molar-refractivity contribution is 5.50. The number of hydrogen-bond donors (Lipinski definition) is 1. The van der Waals surface area contributed by atoms with Gasteiger partial charge in [0, 0.05) is 20.3 Å². The number of nitrogens with zero attached hydrogens (tertiary/aromatic N) is 4. The van der Waals surface area contributed by atoms with Gasteiger partial charge in [0.2, 0.25) is 5.95 Å². The van der Waals surface area contributed by atoms with E-state index < -0.39 is 0 Å². The second-order valence-corrected chi connectivity index (χ2v) is 2.85. The summed E-state index contributed by atoms with van der Waals surface area (Å²) in [6.45, 7) is 0. The summed E-state index contributed by atoms with van der Waals surface area (Å²) in [4.78, 5) is 8.48. The maximum atomic E-state index is 4.28. The molecule has 72 valence electrons. The Labute approximate surface area is 81.8 Å². The number of aryl methyl sites for hydroxylation is 1. The Morgan fingerprint density at radius 2 is 2.21 bits per heavy atom. The number of nitrogens with one attached hydrogen (secondary N) is 1. The van der Waals surface area contributed by atoms with Crippen molar-refractivity contribution < 1.29 is 0 Å². The standard InChI is InChI=1S/C9H11N5/c1-10-9-12-8(14(2)13-9)7-5-3-4-6-11-7/h3-6H,1-2H3,(H,10,13). The molecule has 0 amide bonds. The number of rotatable bonds is 2. The molecule has 0 unspecified atom stereocenters. The van der Waals surface area contributed by atoms with Crippen molar-refractivity contribution in [2.45, 2.75) is 0 Å². The highest BCUT2D eigenvalue weighted by atomic mass is 15.4. The van der Waals surface area contributed by atoms with Gasteiger partial charge in [0.15, 0.2) is 5.82 Å². The molecular weight excluding hydrogens is 178 g/mol. The Kier molecular flexibility index (Phi) is 2.14. The molecule has 5 heteroatoms. The molecule has 0 aliphatic rings. The molecule has 2 aromatic heterocycles. The number of anilines is 1. The van der Waals surface area contributed by atoms with Crippen LogP contribution in [0.4, 0.5) is 5.95 Å². The van der Waals surface area contributed by atoms with Gasteiger partial charge in [-0.05, 0) is 12.1 Å². The van der Waals surface area contributed by atoms with E-state index in [1.54, 1.807) is 17.9 Å². The van der Waals surface area contributed by atoms with Crippen molar-refractivity contribution >= 4 is 5.95 Å². The summed E-state index contributed by atoms with van der Waals surface area (Å²) in [5.74, 6) is 1.36. The van der Waals surface area contributed by atoms with Crippen LogP contribution in [0.15, 0.2) is 24.4 Å². The van der Waals surface area contributed by atoms with Crippen molar-refractivity contribution in [1.29, 1.82) is 0 Å². The Hall–Kier alpha value is -1.91. The third-order valence-corrected chi connectivity index (χ3v) is 1.88. The lowest BCUT2D eigenvalue weighted by Gasteiger charge is -1.96. The lowest BCUT2D eigenvalue weighted by molar-refractivity contribution is 0.774. The maximum absolute atomic E-state index is 4.28. The van der Waals surface area contributed by atoms with Crippen LogP contribution in [-0.2, 0) is 7.05 Å². The maximum Gasteiger partial charge on any atom is 0.242 e. The van der Waals surface area contributed by atoms with Gasteiger partial charge in [0.05, 0.1) is 0 Å². The van der Waals surface area contributed by atoms with Crippen LogP contribution in [0.2, 0.25) is 0 Å². The zero-order valence-corrected chi connectivity index (χ0v) is 8.10. The third-order valence-electron chi connectivity index (χ3n) is 1.88. The quantitative estimate of drug-likeness (QED) is 0.763. The van der Waals surface area contributed by atoms with E-state index in [9.17, 15) is 0 Å².